The first-order valence-electron chi connectivity index (χ1n) is 8.39. The van der Waals surface area contributed by atoms with Crippen molar-refractivity contribution in [1.82, 2.24) is 0 Å². The molecule has 116 valence electrons. The monoisotopic (exact) mass is 393 g/mol. The number of benzene rings is 1. The van der Waals surface area contributed by atoms with Crippen LogP contribution in [0.4, 0.5) is 5.69 Å². The third-order valence-corrected chi connectivity index (χ3v) is 10.3. The molecule has 3 heteroatoms. The van der Waals surface area contributed by atoms with Gasteiger partial charge in [0.25, 0.3) is 0 Å². The van der Waals surface area contributed by atoms with Crippen LogP contribution < -0.4 is 4.90 Å². The molecule has 1 nitrogen and oxygen atoms in total. The van der Waals surface area contributed by atoms with E-state index in [1.807, 2.05) is 0 Å². The van der Waals surface area contributed by atoms with Crippen LogP contribution in [0, 0.1) is 0 Å². The van der Waals surface area contributed by atoms with Gasteiger partial charge in [-0.1, -0.05) is 0 Å². The summed E-state index contributed by atoms with van der Waals surface area (Å²) in [4.78, 5) is 10.1. The number of allylic oxidation sites excluding steroid dienone is 1. The molecule has 0 saturated carbocycles. The number of rotatable bonds is 7. The van der Waals surface area contributed by atoms with Gasteiger partial charge in [0.1, 0.15) is 0 Å². The summed E-state index contributed by atoms with van der Waals surface area (Å²) >= 11 is -2.20. The van der Waals surface area contributed by atoms with Gasteiger partial charge < -0.3 is 0 Å². The Morgan fingerprint density at radius 1 is 1.00 bits per heavy atom. The number of hydrogen-bond acceptors (Lipinski definition) is 1. The Morgan fingerprint density at radius 3 is 1.90 bits per heavy atom. The van der Waals surface area contributed by atoms with Crippen molar-refractivity contribution >= 4 is 30.8 Å². The Kier molecular flexibility index (Phi) is 7.39. The van der Waals surface area contributed by atoms with Gasteiger partial charge in [-0.05, 0) is 0 Å². The summed E-state index contributed by atoms with van der Waals surface area (Å²) in [5.41, 5.74) is 3.05. The molecule has 0 unspecified atom stereocenters. The zero-order valence-corrected chi connectivity index (χ0v) is 17.9. The molecule has 21 heavy (non-hydrogen) atoms. The quantitative estimate of drug-likeness (QED) is 0.536. The molecule has 0 amide bonds. The van der Waals surface area contributed by atoms with E-state index in [9.17, 15) is 0 Å². The molecule has 1 aromatic carbocycles. The standard InChI is InChI=1S/C15H23BN.3CH3.Sn/c1-5-14(16(6-2)7-3)13-17(4)15-11-9-8-10-12-15;;;;/h8-12H,5-7H2,1-4H3;3*1H3;. The van der Waals surface area contributed by atoms with Crippen molar-refractivity contribution in [2.75, 3.05) is 11.9 Å². The summed E-state index contributed by atoms with van der Waals surface area (Å²) in [6.07, 6.45) is 3.70. The van der Waals surface area contributed by atoms with Gasteiger partial charge in [-0.15, -0.1) is 0 Å². The molecule has 0 bridgehead atoms. The molecular weight excluding hydrogens is 360 g/mol. The molecule has 0 saturated heterocycles. The van der Waals surface area contributed by atoms with Crippen molar-refractivity contribution in [3.8, 4) is 0 Å². The average Bonchev–Trinajstić information content (AvgIpc) is 2.46. The maximum atomic E-state index is 2.54. The van der Waals surface area contributed by atoms with Gasteiger partial charge in [0.15, 0.2) is 0 Å². The fourth-order valence-corrected chi connectivity index (χ4v) is 10.5. The molecule has 0 aliphatic rings. The molecule has 1 aromatic rings. The number of hydrogen-bond donors (Lipinski definition) is 0. The second-order valence-corrected chi connectivity index (χ2v) is 21.1. The average molecular weight is 392 g/mol. The molecular formula is C18H32BNSn. The predicted molar refractivity (Wildman–Crippen MR) is 102 cm³/mol. The fraction of sp³-hybridized carbons (Fsp3) is 0.556. The van der Waals surface area contributed by atoms with Crippen LogP contribution in [0.15, 0.2) is 39.5 Å². The molecule has 0 radical (unpaired) electrons. The SMILES string of the molecule is CCB(CC)/C(CC)=[C](/N(C)c1ccccc1)[Sn]([CH3])([CH3])[CH3]. The topological polar surface area (TPSA) is 3.24 Å². The van der Waals surface area contributed by atoms with E-state index >= 15 is 0 Å². The molecule has 0 aliphatic carbocycles. The Balaban J connectivity index is 3.40. The van der Waals surface area contributed by atoms with Gasteiger partial charge in [0.2, 0.25) is 0 Å². The van der Waals surface area contributed by atoms with Gasteiger partial charge in [-0.3, -0.25) is 0 Å². The second kappa shape index (κ2) is 8.31. The summed E-state index contributed by atoms with van der Waals surface area (Å²) in [5.74, 6) is 0. The molecule has 0 spiro atoms. The Hall–Kier alpha value is -0.376. The molecule has 0 N–H and O–H groups in total. The van der Waals surface area contributed by atoms with Crippen molar-refractivity contribution < 1.29 is 0 Å². The molecule has 0 heterocycles. The van der Waals surface area contributed by atoms with Crippen molar-refractivity contribution in [1.29, 1.82) is 0 Å². The van der Waals surface area contributed by atoms with E-state index < -0.39 is 18.4 Å². The predicted octanol–water partition coefficient (Wildman–Crippen LogP) is 5.74. The van der Waals surface area contributed by atoms with Crippen molar-refractivity contribution in [2.45, 2.75) is 54.7 Å². The van der Waals surface area contributed by atoms with Crippen molar-refractivity contribution in [3.63, 3.8) is 0 Å². The van der Waals surface area contributed by atoms with Crippen LogP contribution in [0.5, 0.6) is 0 Å². The van der Waals surface area contributed by atoms with E-state index in [1.54, 1.807) is 9.19 Å². The van der Waals surface area contributed by atoms with Gasteiger partial charge in [-0.2, -0.15) is 0 Å². The van der Waals surface area contributed by atoms with Crippen LogP contribution in [0.3, 0.4) is 0 Å². The van der Waals surface area contributed by atoms with E-state index in [-0.39, 0.29) is 0 Å². The van der Waals surface area contributed by atoms with Crippen molar-refractivity contribution in [3.05, 3.63) is 39.5 Å². The number of para-hydroxylation sites is 1. The molecule has 0 atom stereocenters. The van der Waals surface area contributed by atoms with Gasteiger partial charge in [0, 0.05) is 0 Å². The summed E-state index contributed by atoms with van der Waals surface area (Å²) in [5, 5.41) is 0. The van der Waals surface area contributed by atoms with Crippen LogP contribution in [0.25, 0.3) is 0 Å². The summed E-state index contributed by atoms with van der Waals surface area (Å²) in [6, 6.07) is 10.9. The summed E-state index contributed by atoms with van der Waals surface area (Å²) in [7, 11) is 2.27. The molecule has 1 rings (SSSR count). The minimum absolute atomic E-state index is 0.743. The van der Waals surface area contributed by atoms with Gasteiger partial charge in [0.05, 0.1) is 0 Å². The zero-order chi connectivity index (χ0) is 16.0. The fourth-order valence-electron chi connectivity index (χ4n) is 3.41. The van der Waals surface area contributed by atoms with E-state index in [2.05, 4.69) is 77.9 Å². The molecule has 0 aliphatic heterocycles. The van der Waals surface area contributed by atoms with E-state index in [4.69, 9.17) is 0 Å². The maximum absolute atomic E-state index is 2.54. The number of nitrogens with zero attached hydrogens (tertiary/aromatic N) is 1. The molecule has 0 fully saturated rings. The third-order valence-electron chi connectivity index (χ3n) is 4.35. The third kappa shape index (κ3) is 4.80. The summed E-state index contributed by atoms with van der Waals surface area (Å²) < 4.78 is 1.70. The first-order valence-corrected chi connectivity index (χ1v) is 18.4. The first kappa shape index (κ1) is 18.7. The first-order chi connectivity index (χ1) is 9.86. The number of anilines is 1. The summed E-state index contributed by atoms with van der Waals surface area (Å²) in [6.45, 7) is 7.75. The van der Waals surface area contributed by atoms with Crippen LogP contribution in [0.1, 0.15) is 27.2 Å². The van der Waals surface area contributed by atoms with Crippen LogP contribution in [-0.4, -0.2) is 32.1 Å². The van der Waals surface area contributed by atoms with Gasteiger partial charge in [-0.25, -0.2) is 0 Å². The van der Waals surface area contributed by atoms with E-state index in [0.29, 0.717) is 0 Å². The minimum atomic E-state index is -2.20. The van der Waals surface area contributed by atoms with E-state index in [1.165, 1.54) is 24.7 Å². The normalized spacial score (nSPS) is 12.9. The Morgan fingerprint density at radius 2 is 1.52 bits per heavy atom. The van der Waals surface area contributed by atoms with Gasteiger partial charge >= 0.3 is 137 Å². The van der Waals surface area contributed by atoms with Crippen LogP contribution in [-0.2, 0) is 0 Å². The van der Waals surface area contributed by atoms with Crippen LogP contribution >= 0.6 is 0 Å². The Labute approximate surface area is 136 Å². The molecule has 0 aromatic heterocycles. The zero-order valence-electron chi connectivity index (χ0n) is 15.0. The van der Waals surface area contributed by atoms with E-state index in [0.717, 1.165) is 6.71 Å². The van der Waals surface area contributed by atoms with Crippen molar-refractivity contribution in [2.24, 2.45) is 0 Å². The second-order valence-electron chi connectivity index (χ2n) is 6.89. The van der Waals surface area contributed by atoms with Crippen LogP contribution in [0.2, 0.25) is 27.5 Å². The Bertz CT molecular complexity index is 458.